The standard InChI is InChI=1S/C11H16N4O4S/c12-10-5-4-9(15(16)17)8-11(10)20(18,19)13-14-6-2-1-3-7-14/h4-5,8,13H,1-3,6-7,12H2. The molecule has 1 aromatic rings. The summed E-state index contributed by atoms with van der Waals surface area (Å²) in [7, 11) is -3.90. The van der Waals surface area contributed by atoms with Gasteiger partial charge in [-0.25, -0.2) is 13.4 Å². The van der Waals surface area contributed by atoms with Crippen molar-refractivity contribution in [2.45, 2.75) is 24.2 Å². The molecule has 2 rings (SSSR count). The Morgan fingerprint density at radius 2 is 1.90 bits per heavy atom. The minimum absolute atomic E-state index is 0.0138. The van der Waals surface area contributed by atoms with E-state index >= 15 is 0 Å². The predicted molar refractivity (Wildman–Crippen MR) is 73.3 cm³/mol. The lowest BCUT2D eigenvalue weighted by atomic mass is 10.2. The summed E-state index contributed by atoms with van der Waals surface area (Å²) >= 11 is 0. The highest BCUT2D eigenvalue weighted by molar-refractivity contribution is 7.89. The first kappa shape index (κ1) is 14.7. The number of hydrogen-bond acceptors (Lipinski definition) is 6. The van der Waals surface area contributed by atoms with Crippen molar-refractivity contribution in [3.63, 3.8) is 0 Å². The van der Waals surface area contributed by atoms with Crippen molar-refractivity contribution < 1.29 is 13.3 Å². The topological polar surface area (TPSA) is 119 Å². The van der Waals surface area contributed by atoms with Crippen LogP contribution in [-0.4, -0.2) is 31.4 Å². The molecule has 3 N–H and O–H groups in total. The van der Waals surface area contributed by atoms with E-state index in [2.05, 4.69) is 4.83 Å². The number of nitrogens with zero attached hydrogens (tertiary/aromatic N) is 2. The number of anilines is 1. The predicted octanol–water partition coefficient (Wildman–Crippen LogP) is 0.856. The van der Waals surface area contributed by atoms with E-state index in [0.717, 1.165) is 25.3 Å². The highest BCUT2D eigenvalue weighted by Gasteiger charge is 2.24. The van der Waals surface area contributed by atoms with Gasteiger partial charge < -0.3 is 5.73 Å². The van der Waals surface area contributed by atoms with Crippen LogP contribution in [0.3, 0.4) is 0 Å². The van der Waals surface area contributed by atoms with Crippen LogP contribution >= 0.6 is 0 Å². The quantitative estimate of drug-likeness (QED) is 0.483. The number of sulfonamides is 1. The van der Waals surface area contributed by atoms with Crippen LogP contribution in [0, 0.1) is 10.1 Å². The van der Waals surface area contributed by atoms with Crippen molar-refractivity contribution in [3.05, 3.63) is 28.3 Å². The van der Waals surface area contributed by atoms with Crippen LogP contribution in [0.4, 0.5) is 11.4 Å². The number of nitrogens with two attached hydrogens (primary N) is 1. The Kier molecular flexibility index (Phi) is 4.21. The molecule has 1 fully saturated rings. The minimum Gasteiger partial charge on any atom is -0.398 e. The van der Waals surface area contributed by atoms with E-state index in [9.17, 15) is 18.5 Å². The van der Waals surface area contributed by atoms with Gasteiger partial charge in [-0.1, -0.05) is 6.42 Å². The van der Waals surface area contributed by atoms with Gasteiger partial charge in [0.2, 0.25) is 0 Å². The van der Waals surface area contributed by atoms with Crippen molar-refractivity contribution in [2.24, 2.45) is 0 Å². The molecule has 9 heteroatoms. The molecule has 1 aromatic carbocycles. The van der Waals surface area contributed by atoms with E-state index in [-0.39, 0.29) is 16.3 Å². The molecule has 110 valence electrons. The molecule has 20 heavy (non-hydrogen) atoms. The van der Waals surface area contributed by atoms with Crippen molar-refractivity contribution in [3.8, 4) is 0 Å². The number of nitrogen functional groups attached to an aromatic ring is 1. The molecule has 8 nitrogen and oxygen atoms in total. The molecular formula is C11H16N4O4S. The molecule has 1 aliphatic heterocycles. The van der Waals surface area contributed by atoms with Crippen molar-refractivity contribution >= 4 is 21.4 Å². The molecule has 0 unspecified atom stereocenters. The van der Waals surface area contributed by atoms with E-state index in [1.54, 1.807) is 5.01 Å². The number of nitro benzene ring substituents is 1. The molecule has 1 aliphatic rings. The first-order valence-electron chi connectivity index (χ1n) is 6.21. The monoisotopic (exact) mass is 300 g/mol. The minimum atomic E-state index is -3.90. The van der Waals surface area contributed by atoms with Crippen LogP contribution in [0.1, 0.15) is 19.3 Å². The fraction of sp³-hybridized carbons (Fsp3) is 0.455. The third kappa shape index (κ3) is 3.24. The summed E-state index contributed by atoms with van der Waals surface area (Å²) in [5.74, 6) is 0. The number of hydrogen-bond donors (Lipinski definition) is 2. The summed E-state index contributed by atoms with van der Waals surface area (Å²) < 4.78 is 24.5. The average Bonchev–Trinajstić information content (AvgIpc) is 2.39. The van der Waals surface area contributed by atoms with Gasteiger partial charge in [0, 0.05) is 25.2 Å². The molecule has 0 radical (unpaired) electrons. The van der Waals surface area contributed by atoms with Gasteiger partial charge in [-0.3, -0.25) is 10.1 Å². The lowest BCUT2D eigenvalue weighted by Crippen LogP contribution is -2.45. The summed E-state index contributed by atoms with van der Waals surface area (Å²) in [6, 6.07) is 3.37. The second-order valence-corrected chi connectivity index (χ2v) is 6.25. The zero-order chi connectivity index (χ0) is 14.8. The Morgan fingerprint density at radius 1 is 1.25 bits per heavy atom. The van der Waals surface area contributed by atoms with E-state index < -0.39 is 14.9 Å². The van der Waals surface area contributed by atoms with E-state index in [0.29, 0.717) is 13.1 Å². The molecule has 0 atom stereocenters. The number of nitro groups is 1. The van der Waals surface area contributed by atoms with Gasteiger partial charge in [0.25, 0.3) is 15.7 Å². The summed E-state index contributed by atoms with van der Waals surface area (Å²) in [5, 5.41) is 12.3. The summed E-state index contributed by atoms with van der Waals surface area (Å²) in [4.78, 5) is 12.2. The second-order valence-electron chi connectivity index (χ2n) is 4.62. The van der Waals surface area contributed by atoms with E-state index in [1.165, 1.54) is 12.1 Å². The van der Waals surface area contributed by atoms with Crippen LogP contribution in [-0.2, 0) is 10.0 Å². The molecule has 0 spiro atoms. The molecule has 0 amide bonds. The molecule has 1 saturated heterocycles. The Labute approximate surface area is 116 Å². The Morgan fingerprint density at radius 3 is 2.50 bits per heavy atom. The number of nitrogens with one attached hydrogen (secondary N) is 1. The fourth-order valence-electron chi connectivity index (χ4n) is 2.07. The average molecular weight is 300 g/mol. The largest absolute Gasteiger partial charge is 0.398 e. The van der Waals surface area contributed by atoms with Crippen LogP contribution in [0.25, 0.3) is 0 Å². The first-order valence-corrected chi connectivity index (χ1v) is 7.70. The van der Waals surface area contributed by atoms with Crippen molar-refractivity contribution in [2.75, 3.05) is 18.8 Å². The molecule has 0 bridgehead atoms. The second kappa shape index (κ2) is 5.73. The van der Waals surface area contributed by atoms with Gasteiger partial charge in [-0.15, -0.1) is 4.83 Å². The summed E-state index contributed by atoms with van der Waals surface area (Å²) in [6.07, 6.45) is 2.89. The van der Waals surface area contributed by atoms with E-state index in [1.807, 2.05) is 0 Å². The third-order valence-electron chi connectivity index (χ3n) is 3.10. The highest BCUT2D eigenvalue weighted by atomic mass is 32.2. The number of benzene rings is 1. The van der Waals surface area contributed by atoms with Gasteiger partial charge in [0.15, 0.2) is 0 Å². The van der Waals surface area contributed by atoms with Crippen LogP contribution < -0.4 is 10.6 Å². The number of rotatable bonds is 4. The van der Waals surface area contributed by atoms with E-state index in [4.69, 9.17) is 5.73 Å². The van der Waals surface area contributed by atoms with Crippen LogP contribution in [0.2, 0.25) is 0 Å². The smallest absolute Gasteiger partial charge is 0.270 e. The highest BCUT2D eigenvalue weighted by Crippen LogP contribution is 2.24. The SMILES string of the molecule is Nc1ccc([N+](=O)[O-])cc1S(=O)(=O)NN1CCCCC1. The molecule has 0 aliphatic carbocycles. The maximum Gasteiger partial charge on any atom is 0.270 e. The van der Waals surface area contributed by atoms with Gasteiger partial charge in [-0.05, 0) is 18.9 Å². The molecule has 1 heterocycles. The van der Waals surface area contributed by atoms with Gasteiger partial charge in [0.1, 0.15) is 4.90 Å². The van der Waals surface area contributed by atoms with Gasteiger partial charge >= 0.3 is 0 Å². The first-order chi connectivity index (χ1) is 9.40. The lowest BCUT2D eigenvalue weighted by molar-refractivity contribution is -0.385. The number of hydrazine groups is 1. The number of non-ortho nitro benzene ring substituents is 1. The van der Waals surface area contributed by atoms with Crippen molar-refractivity contribution in [1.82, 2.24) is 9.84 Å². The lowest BCUT2D eigenvalue weighted by Gasteiger charge is -2.26. The normalized spacial score (nSPS) is 17.0. The van der Waals surface area contributed by atoms with Crippen molar-refractivity contribution in [1.29, 1.82) is 0 Å². The Balaban J connectivity index is 2.28. The Bertz CT molecular complexity index is 611. The molecule has 0 aromatic heterocycles. The number of piperidine rings is 1. The third-order valence-corrected chi connectivity index (χ3v) is 4.53. The maximum absolute atomic E-state index is 12.2. The summed E-state index contributed by atoms with van der Waals surface area (Å²) in [5.41, 5.74) is 5.30. The van der Waals surface area contributed by atoms with Gasteiger partial charge in [0.05, 0.1) is 10.6 Å². The fourth-order valence-corrected chi connectivity index (χ4v) is 3.35. The molecule has 0 saturated carbocycles. The Hall–Kier alpha value is -1.71. The van der Waals surface area contributed by atoms with Crippen LogP contribution in [0.15, 0.2) is 23.1 Å². The zero-order valence-corrected chi connectivity index (χ0v) is 11.6. The molecular weight excluding hydrogens is 284 g/mol. The summed E-state index contributed by atoms with van der Waals surface area (Å²) in [6.45, 7) is 1.24. The van der Waals surface area contributed by atoms with Gasteiger partial charge in [-0.2, -0.15) is 0 Å². The maximum atomic E-state index is 12.2. The van der Waals surface area contributed by atoms with Crippen LogP contribution in [0.5, 0.6) is 0 Å². The zero-order valence-electron chi connectivity index (χ0n) is 10.8.